The average Bonchev–Trinajstić information content (AvgIpc) is 3.39. The van der Waals surface area contributed by atoms with Crippen LogP contribution in [0, 0.1) is 13.8 Å². The molecule has 1 aliphatic carbocycles. The number of amides is 3. The maximum Gasteiger partial charge on any atom is 0.313 e. The summed E-state index contributed by atoms with van der Waals surface area (Å²) in [5, 5.41) is 9.99. The lowest BCUT2D eigenvalue weighted by molar-refractivity contribution is -0.136. The quantitative estimate of drug-likeness (QED) is 0.636. The van der Waals surface area contributed by atoms with Gasteiger partial charge in [-0.05, 0) is 55.3 Å². The molecule has 0 spiro atoms. The molecule has 6 nitrogen and oxygen atoms in total. The maximum atomic E-state index is 12.2. The molecule has 7 heteroatoms. The Morgan fingerprint density at radius 3 is 2.48 bits per heavy atom. The Morgan fingerprint density at radius 2 is 1.79 bits per heavy atom. The van der Waals surface area contributed by atoms with E-state index in [1.165, 1.54) is 4.88 Å². The fourth-order valence-electron chi connectivity index (χ4n) is 3.76. The number of anilines is 1. The Bertz CT molecular complexity index is 887. The smallest absolute Gasteiger partial charge is 0.313 e. The lowest BCUT2D eigenvalue weighted by Gasteiger charge is -2.28. The standard InChI is InChI=1S/C22H27N3O3S/c1-15-7-8-16(2)17(12-15)25-21(28)20(27)23-13-19(26)24-14-22(9-3-4-10-22)18-6-5-11-29-18/h5-8,11-12H,3-4,9-10,13-14H2,1-2H3,(H,23,27)(H,24,26)(H,25,28). The molecule has 1 saturated carbocycles. The highest BCUT2D eigenvalue weighted by molar-refractivity contribution is 7.10. The van der Waals surface area contributed by atoms with Gasteiger partial charge in [0.25, 0.3) is 0 Å². The Hall–Kier alpha value is -2.67. The SMILES string of the molecule is Cc1ccc(C)c(NC(=O)C(=O)NCC(=O)NCC2(c3cccs3)CCCC2)c1. The van der Waals surface area contributed by atoms with E-state index in [1.54, 1.807) is 17.4 Å². The van der Waals surface area contributed by atoms with Crippen LogP contribution in [0.2, 0.25) is 0 Å². The predicted molar refractivity (Wildman–Crippen MR) is 115 cm³/mol. The van der Waals surface area contributed by atoms with Crippen molar-refractivity contribution in [1.82, 2.24) is 10.6 Å². The zero-order chi connectivity index (χ0) is 20.9. The van der Waals surface area contributed by atoms with Crippen LogP contribution >= 0.6 is 11.3 Å². The summed E-state index contributed by atoms with van der Waals surface area (Å²) in [6.07, 6.45) is 4.42. The van der Waals surface area contributed by atoms with Crippen LogP contribution < -0.4 is 16.0 Å². The summed E-state index contributed by atoms with van der Waals surface area (Å²) in [7, 11) is 0. The molecular formula is C22H27N3O3S. The molecule has 154 valence electrons. The molecule has 0 radical (unpaired) electrons. The van der Waals surface area contributed by atoms with Crippen LogP contribution in [0.15, 0.2) is 35.7 Å². The second-order valence-corrected chi connectivity index (χ2v) is 8.64. The van der Waals surface area contributed by atoms with Crippen molar-refractivity contribution in [2.75, 3.05) is 18.4 Å². The zero-order valence-corrected chi connectivity index (χ0v) is 17.7. The molecule has 1 fully saturated rings. The van der Waals surface area contributed by atoms with E-state index >= 15 is 0 Å². The topological polar surface area (TPSA) is 87.3 Å². The van der Waals surface area contributed by atoms with Gasteiger partial charge in [0.2, 0.25) is 5.91 Å². The molecule has 0 atom stereocenters. The fourth-order valence-corrected chi connectivity index (χ4v) is 4.75. The van der Waals surface area contributed by atoms with Crippen LogP contribution in [-0.2, 0) is 19.8 Å². The highest BCUT2D eigenvalue weighted by Gasteiger charge is 2.36. The first kappa shape index (κ1) is 21.0. The summed E-state index contributed by atoms with van der Waals surface area (Å²) in [5.41, 5.74) is 2.43. The molecule has 3 rings (SSSR count). The molecule has 1 aromatic carbocycles. The van der Waals surface area contributed by atoms with Crippen molar-refractivity contribution < 1.29 is 14.4 Å². The number of benzene rings is 1. The van der Waals surface area contributed by atoms with Gasteiger partial charge in [-0.3, -0.25) is 14.4 Å². The van der Waals surface area contributed by atoms with Gasteiger partial charge in [0.1, 0.15) is 0 Å². The minimum atomic E-state index is -0.824. The fraction of sp³-hybridized carbons (Fsp3) is 0.409. The van der Waals surface area contributed by atoms with Crippen molar-refractivity contribution in [3.8, 4) is 0 Å². The maximum absolute atomic E-state index is 12.2. The van der Waals surface area contributed by atoms with E-state index in [4.69, 9.17) is 0 Å². The molecule has 1 heterocycles. The van der Waals surface area contributed by atoms with Crippen LogP contribution in [0.3, 0.4) is 0 Å². The second-order valence-electron chi connectivity index (χ2n) is 7.70. The third kappa shape index (κ3) is 5.23. The van der Waals surface area contributed by atoms with E-state index in [2.05, 4.69) is 27.4 Å². The predicted octanol–water partition coefficient (Wildman–Crippen LogP) is 3.05. The number of rotatable bonds is 6. The van der Waals surface area contributed by atoms with Crippen LogP contribution in [0.25, 0.3) is 0 Å². The number of carbonyl (C=O) groups excluding carboxylic acids is 3. The summed E-state index contributed by atoms with van der Waals surface area (Å²) in [6, 6.07) is 9.78. The number of nitrogens with one attached hydrogen (secondary N) is 3. The van der Waals surface area contributed by atoms with Gasteiger partial charge in [-0.1, -0.05) is 31.0 Å². The molecular weight excluding hydrogens is 386 g/mol. The van der Waals surface area contributed by atoms with Gasteiger partial charge in [-0.15, -0.1) is 11.3 Å². The van der Waals surface area contributed by atoms with E-state index in [-0.39, 0.29) is 17.9 Å². The molecule has 0 bridgehead atoms. The Kier molecular flexibility index (Phi) is 6.69. The van der Waals surface area contributed by atoms with Crippen molar-refractivity contribution in [3.05, 3.63) is 51.7 Å². The van der Waals surface area contributed by atoms with Crippen molar-refractivity contribution in [1.29, 1.82) is 0 Å². The third-order valence-corrected chi connectivity index (χ3v) is 6.60. The lowest BCUT2D eigenvalue weighted by atomic mass is 9.84. The zero-order valence-electron chi connectivity index (χ0n) is 16.8. The first-order chi connectivity index (χ1) is 13.9. The number of hydrogen-bond acceptors (Lipinski definition) is 4. The van der Waals surface area contributed by atoms with E-state index in [1.807, 2.05) is 32.0 Å². The van der Waals surface area contributed by atoms with Gasteiger partial charge in [-0.2, -0.15) is 0 Å². The van der Waals surface area contributed by atoms with Gasteiger partial charge in [0.15, 0.2) is 0 Å². The molecule has 3 amide bonds. The third-order valence-electron chi connectivity index (χ3n) is 5.49. The molecule has 3 N–H and O–H groups in total. The highest BCUT2D eigenvalue weighted by atomic mass is 32.1. The normalized spacial score (nSPS) is 15.0. The van der Waals surface area contributed by atoms with E-state index in [0.717, 1.165) is 36.8 Å². The van der Waals surface area contributed by atoms with Gasteiger partial charge >= 0.3 is 11.8 Å². The molecule has 0 unspecified atom stereocenters. The van der Waals surface area contributed by atoms with Crippen molar-refractivity contribution in [3.63, 3.8) is 0 Å². The Labute approximate surface area is 175 Å². The summed E-state index contributed by atoms with van der Waals surface area (Å²) in [4.78, 5) is 37.7. The number of carbonyl (C=O) groups is 3. The van der Waals surface area contributed by atoms with Gasteiger partial charge in [0.05, 0.1) is 6.54 Å². The van der Waals surface area contributed by atoms with Crippen LogP contribution in [0.4, 0.5) is 5.69 Å². The molecule has 2 aromatic rings. The number of hydrogen-bond donors (Lipinski definition) is 3. The van der Waals surface area contributed by atoms with Crippen molar-refractivity contribution >= 4 is 34.7 Å². The molecule has 0 aliphatic heterocycles. The van der Waals surface area contributed by atoms with Crippen LogP contribution in [-0.4, -0.2) is 30.8 Å². The summed E-state index contributed by atoms with van der Waals surface area (Å²) < 4.78 is 0. The average molecular weight is 414 g/mol. The Balaban J connectivity index is 1.48. The van der Waals surface area contributed by atoms with E-state index in [0.29, 0.717) is 12.2 Å². The van der Waals surface area contributed by atoms with Gasteiger partial charge in [-0.25, -0.2) is 0 Å². The molecule has 0 saturated heterocycles. The number of aryl methyl sites for hydroxylation is 2. The summed E-state index contributed by atoms with van der Waals surface area (Å²) in [5.74, 6) is -1.90. The molecule has 1 aliphatic rings. The lowest BCUT2D eigenvalue weighted by Crippen LogP contribution is -2.45. The van der Waals surface area contributed by atoms with Crippen LogP contribution in [0.5, 0.6) is 0 Å². The van der Waals surface area contributed by atoms with Gasteiger partial charge < -0.3 is 16.0 Å². The number of thiophene rings is 1. The van der Waals surface area contributed by atoms with Crippen LogP contribution in [0.1, 0.15) is 41.7 Å². The van der Waals surface area contributed by atoms with Gasteiger partial charge in [0, 0.05) is 22.5 Å². The molecule has 29 heavy (non-hydrogen) atoms. The highest BCUT2D eigenvalue weighted by Crippen LogP contribution is 2.42. The molecule has 1 aromatic heterocycles. The first-order valence-electron chi connectivity index (χ1n) is 9.87. The first-order valence-corrected chi connectivity index (χ1v) is 10.7. The summed E-state index contributed by atoms with van der Waals surface area (Å²) in [6.45, 7) is 4.09. The van der Waals surface area contributed by atoms with Crippen molar-refractivity contribution in [2.24, 2.45) is 0 Å². The Morgan fingerprint density at radius 1 is 1.03 bits per heavy atom. The summed E-state index contributed by atoms with van der Waals surface area (Å²) >= 11 is 1.72. The minimum absolute atomic E-state index is 0.00604. The van der Waals surface area contributed by atoms with E-state index in [9.17, 15) is 14.4 Å². The minimum Gasteiger partial charge on any atom is -0.354 e. The van der Waals surface area contributed by atoms with E-state index < -0.39 is 11.8 Å². The largest absolute Gasteiger partial charge is 0.354 e. The monoisotopic (exact) mass is 413 g/mol. The van der Waals surface area contributed by atoms with Crippen molar-refractivity contribution in [2.45, 2.75) is 44.9 Å². The second kappa shape index (κ2) is 9.22.